The number of piperazine rings is 1. The Labute approximate surface area is 116 Å². The number of hydrogen-bond donors (Lipinski definition) is 1. The Balaban J connectivity index is 3.31. The molecule has 0 aromatic heterocycles. The number of carbonyl (C=O) groups is 2. The number of nitrogens with one attached hydrogen (secondary N) is 1. The molecule has 116 valence electrons. The predicted octanol–water partition coefficient (Wildman–Crippen LogP) is 2.23. The van der Waals surface area contributed by atoms with Crippen molar-refractivity contribution in [3.05, 3.63) is 0 Å². The van der Waals surface area contributed by atoms with E-state index in [1.807, 2.05) is 0 Å². The van der Waals surface area contributed by atoms with Crippen LogP contribution >= 0.6 is 0 Å². The van der Waals surface area contributed by atoms with Gasteiger partial charge in [0.05, 0.1) is 0 Å². The number of nitrogens with zero attached hydrogens (tertiary/aromatic N) is 1. The van der Waals surface area contributed by atoms with Crippen LogP contribution in [0.2, 0.25) is 0 Å². The summed E-state index contributed by atoms with van der Waals surface area (Å²) in [6, 6.07) is 0. The Morgan fingerprint density at radius 1 is 1.10 bits per heavy atom. The van der Waals surface area contributed by atoms with E-state index in [1.54, 1.807) is 20.8 Å². The lowest BCUT2D eigenvalue weighted by atomic mass is 9.81. The highest BCUT2D eigenvalue weighted by atomic mass is 19.4. The van der Waals surface area contributed by atoms with Gasteiger partial charge in [0.2, 0.25) is 11.8 Å². The fraction of sp³-hybridized carbons (Fsp3) is 0.846. The first-order chi connectivity index (χ1) is 9.06. The second kappa shape index (κ2) is 5.26. The normalized spacial score (nSPS) is 26.6. The molecule has 7 heteroatoms. The monoisotopic (exact) mass is 294 g/mol. The fourth-order valence-corrected chi connectivity index (χ4v) is 2.63. The van der Waals surface area contributed by atoms with Gasteiger partial charge in [0, 0.05) is 0 Å². The second-order valence-electron chi connectivity index (χ2n) is 5.38. The molecule has 0 saturated carbocycles. The first-order valence-electron chi connectivity index (χ1n) is 6.77. The van der Waals surface area contributed by atoms with Gasteiger partial charge in [-0.1, -0.05) is 20.8 Å². The van der Waals surface area contributed by atoms with Crippen molar-refractivity contribution >= 4 is 11.8 Å². The first-order valence-corrected chi connectivity index (χ1v) is 6.77. The highest BCUT2D eigenvalue weighted by Gasteiger charge is 2.56. The molecule has 0 spiro atoms. The zero-order valence-corrected chi connectivity index (χ0v) is 12.2. The standard InChI is InChI=1S/C13H21F3N2O2/c1-5-11(4)10(20)18(8-13(14,15)16)12(6-2,7-3)9(19)17-11/h5-8H2,1-4H3,(H,17,19). The Hall–Kier alpha value is -1.27. The smallest absolute Gasteiger partial charge is 0.340 e. The zero-order valence-electron chi connectivity index (χ0n) is 12.2. The summed E-state index contributed by atoms with van der Waals surface area (Å²) in [4.78, 5) is 25.5. The molecule has 1 saturated heterocycles. The SMILES string of the molecule is CCC1(C)NC(=O)C(CC)(CC)N(CC(F)(F)F)C1=O. The van der Waals surface area contributed by atoms with E-state index in [0.29, 0.717) is 0 Å². The van der Waals surface area contributed by atoms with Gasteiger partial charge in [-0.15, -0.1) is 0 Å². The summed E-state index contributed by atoms with van der Waals surface area (Å²) in [5, 5.41) is 2.60. The molecule has 1 aliphatic heterocycles. The second-order valence-corrected chi connectivity index (χ2v) is 5.38. The average Bonchev–Trinajstić information content (AvgIpc) is 2.35. The van der Waals surface area contributed by atoms with E-state index < -0.39 is 35.6 Å². The van der Waals surface area contributed by atoms with Crippen LogP contribution in [-0.2, 0) is 9.59 Å². The molecule has 4 nitrogen and oxygen atoms in total. The summed E-state index contributed by atoms with van der Waals surface area (Å²) in [5.74, 6) is -1.17. The van der Waals surface area contributed by atoms with E-state index >= 15 is 0 Å². The highest BCUT2D eigenvalue weighted by molar-refractivity contribution is 6.02. The summed E-state index contributed by atoms with van der Waals surface area (Å²) < 4.78 is 38.4. The topological polar surface area (TPSA) is 49.4 Å². The number of alkyl halides is 3. The van der Waals surface area contributed by atoms with Gasteiger partial charge in [-0.2, -0.15) is 13.2 Å². The van der Waals surface area contributed by atoms with Crippen molar-refractivity contribution < 1.29 is 22.8 Å². The van der Waals surface area contributed by atoms with Crippen molar-refractivity contribution in [3.8, 4) is 0 Å². The van der Waals surface area contributed by atoms with Crippen molar-refractivity contribution in [3.63, 3.8) is 0 Å². The van der Waals surface area contributed by atoms with Gasteiger partial charge in [-0.3, -0.25) is 9.59 Å². The molecule has 0 radical (unpaired) electrons. The van der Waals surface area contributed by atoms with E-state index in [2.05, 4.69) is 5.32 Å². The molecule has 0 aromatic carbocycles. The van der Waals surface area contributed by atoms with Crippen molar-refractivity contribution in [1.29, 1.82) is 0 Å². The Bertz CT molecular complexity index is 405. The molecule has 0 aliphatic carbocycles. The van der Waals surface area contributed by atoms with Crippen LogP contribution in [0.25, 0.3) is 0 Å². The van der Waals surface area contributed by atoms with Gasteiger partial charge in [0.15, 0.2) is 0 Å². The summed E-state index contributed by atoms with van der Waals surface area (Å²) in [5.41, 5.74) is -2.68. The largest absolute Gasteiger partial charge is 0.406 e. The molecule has 1 rings (SSSR count). The lowest BCUT2D eigenvalue weighted by Crippen LogP contribution is -2.75. The third kappa shape index (κ3) is 2.62. The van der Waals surface area contributed by atoms with E-state index in [-0.39, 0.29) is 19.3 Å². The van der Waals surface area contributed by atoms with Gasteiger partial charge < -0.3 is 10.2 Å². The third-order valence-corrected chi connectivity index (χ3v) is 4.26. The van der Waals surface area contributed by atoms with Crippen LogP contribution in [-0.4, -0.2) is 40.5 Å². The van der Waals surface area contributed by atoms with E-state index in [9.17, 15) is 22.8 Å². The van der Waals surface area contributed by atoms with Crippen molar-refractivity contribution in [2.75, 3.05) is 6.54 Å². The molecule has 0 bridgehead atoms. The van der Waals surface area contributed by atoms with Crippen LogP contribution < -0.4 is 5.32 Å². The summed E-state index contributed by atoms with van der Waals surface area (Å²) in [6.45, 7) is 4.97. The molecule has 1 fully saturated rings. The van der Waals surface area contributed by atoms with Crippen molar-refractivity contribution in [2.45, 2.75) is 64.2 Å². The molecule has 1 aliphatic rings. The number of halogens is 3. The van der Waals surface area contributed by atoms with Gasteiger partial charge >= 0.3 is 6.18 Å². The van der Waals surface area contributed by atoms with Crippen LogP contribution in [0.15, 0.2) is 0 Å². The minimum atomic E-state index is -4.53. The maximum Gasteiger partial charge on any atom is 0.406 e. The highest BCUT2D eigenvalue weighted by Crippen LogP contribution is 2.35. The molecule has 1 N–H and O–H groups in total. The third-order valence-electron chi connectivity index (χ3n) is 4.26. The molecule has 1 unspecified atom stereocenters. The van der Waals surface area contributed by atoms with Crippen LogP contribution in [0.1, 0.15) is 47.0 Å². The Morgan fingerprint density at radius 3 is 1.95 bits per heavy atom. The lowest BCUT2D eigenvalue weighted by molar-refractivity contribution is -0.188. The maximum absolute atomic E-state index is 12.8. The number of rotatable bonds is 4. The summed E-state index contributed by atoms with van der Waals surface area (Å²) >= 11 is 0. The molecule has 0 aromatic rings. The number of hydrogen-bond acceptors (Lipinski definition) is 2. The van der Waals surface area contributed by atoms with Crippen LogP contribution in [0.4, 0.5) is 13.2 Å². The minimum Gasteiger partial charge on any atom is -0.340 e. The van der Waals surface area contributed by atoms with E-state index in [4.69, 9.17) is 0 Å². The minimum absolute atomic E-state index is 0.150. The average molecular weight is 294 g/mol. The zero-order chi connectivity index (χ0) is 15.8. The summed E-state index contributed by atoms with van der Waals surface area (Å²) in [6.07, 6.45) is -3.99. The molecular weight excluding hydrogens is 273 g/mol. The van der Waals surface area contributed by atoms with Gasteiger partial charge in [0.25, 0.3) is 0 Å². The molecule has 20 heavy (non-hydrogen) atoms. The Morgan fingerprint density at radius 2 is 1.60 bits per heavy atom. The number of amides is 2. The quantitative estimate of drug-likeness (QED) is 0.864. The van der Waals surface area contributed by atoms with Crippen LogP contribution in [0.5, 0.6) is 0 Å². The van der Waals surface area contributed by atoms with Gasteiger partial charge in [-0.05, 0) is 26.2 Å². The maximum atomic E-state index is 12.8. The van der Waals surface area contributed by atoms with Gasteiger partial charge in [-0.25, -0.2) is 0 Å². The first kappa shape index (κ1) is 16.8. The van der Waals surface area contributed by atoms with E-state index in [0.717, 1.165) is 4.90 Å². The predicted molar refractivity (Wildman–Crippen MR) is 67.9 cm³/mol. The molecule has 1 atom stereocenters. The molecule has 1 heterocycles. The molecular formula is C13H21F3N2O2. The van der Waals surface area contributed by atoms with Gasteiger partial charge in [0.1, 0.15) is 17.6 Å². The lowest BCUT2D eigenvalue weighted by Gasteiger charge is -2.51. The molecule has 2 amide bonds. The van der Waals surface area contributed by atoms with E-state index in [1.165, 1.54) is 6.92 Å². The van der Waals surface area contributed by atoms with Crippen LogP contribution in [0, 0.1) is 0 Å². The Kier molecular flexibility index (Phi) is 4.41. The van der Waals surface area contributed by atoms with Crippen molar-refractivity contribution in [1.82, 2.24) is 10.2 Å². The summed E-state index contributed by atoms with van der Waals surface area (Å²) in [7, 11) is 0. The van der Waals surface area contributed by atoms with Crippen molar-refractivity contribution in [2.24, 2.45) is 0 Å². The van der Waals surface area contributed by atoms with Crippen LogP contribution in [0.3, 0.4) is 0 Å². The number of carbonyl (C=O) groups excluding carboxylic acids is 2. The fourth-order valence-electron chi connectivity index (χ4n) is 2.63.